The van der Waals surface area contributed by atoms with Crippen molar-refractivity contribution in [2.24, 2.45) is 5.92 Å². The molecule has 1 amide bonds. The summed E-state index contributed by atoms with van der Waals surface area (Å²) < 4.78 is 31.4. The van der Waals surface area contributed by atoms with Crippen LogP contribution in [0.15, 0.2) is 30.3 Å². The standard InChI is InChI=1S/C25H30N4O4S/c1-16-5-4-11-28(14-16)25(30)21-13-22(18-6-8-20(33-3)9-7-18)26-24-23(21)17(2)27-29(24)19-10-12-34(31,32)15-19/h6-9,13,16,19H,4-5,10-12,14-15H2,1-3H3. The van der Waals surface area contributed by atoms with Crippen LogP contribution in [0.25, 0.3) is 22.3 Å². The molecule has 3 aromatic rings. The van der Waals surface area contributed by atoms with Crippen molar-refractivity contribution >= 4 is 26.8 Å². The molecule has 0 saturated carbocycles. The number of likely N-dealkylation sites (tertiary alicyclic amines) is 1. The molecule has 2 aromatic heterocycles. The maximum absolute atomic E-state index is 13.8. The molecule has 0 radical (unpaired) electrons. The van der Waals surface area contributed by atoms with Gasteiger partial charge in [0.25, 0.3) is 5.91 Å². The maximum Gasteiger partial charge on any atom is 0.254 e. The summed E-state index contributed by atoms with van der Waals surface area (Å²) in [6, 6.07) is 9.13. The van der Waals surface area contributed by atoms with Gasteiger partial charge in [-0.15, -0.1) is 0 Å². The molecule has 180 valence electrons. The first-order valence-electron chi connectivity index (χ1n) is 11.8. The molecule has 34 heavy (non-hydrogen) atoms. The van der Waals surface area contributed by atoms with Gasteiger partial charge >= 0.3 is 0 Å². The highest BCUT2D eigenvalue weighted by atomic mass is 32.2. The van der Waals surface area contributed by atoms with Crippen molar-refractivity contribution in [3.8, 4) is 17.0 Å². The Morgan fingerprint density at radius 1 is 1.18 bits per heavy atom. The molecule has 2 aliphatic heterocycles. The predicted octanol–water partition coefficient (Wildman–Crippen LogP) is 3.65. The van der Waals surface area contributed by atoms with Gasteiger partial charge in [0.05, 0.1) is 47.0 Å². The maximum atomic E-state index is 13.8. The smallest absolute Gasteiger partial charge is 0.254 e. The Kier molecular flexibility index (Phi) is 5.83. The van der Waals surface area contributed by atoms with E-state index < -0.39 is 9.84 Å². The van der Waals surface area contributed by atoms with Gasteiger partial charge in [0, 0.05) is 18.7 Å². The molecule has 2 fully saturated rings. The number of aromatic nitrogens is 3. The van der Waals surface area contributed by atoms with Crippen LogP contribution in [0.1, 0.15) is 48.3 Å². The summed E-state index contributed by atoms with van der Waals surface area (Å²) in [6.07, 6.45) is 2.62. The molecule has 8 nitrogen and oxygen atoms in total. The highest BCUT2D eigenvalue weighted by Gasteiger charge is 2.33. The number of ether oxygens (including phenoxy) is 1. The lowest BCUT2D eigenvalue weighted by molar-refractivity contribution is 0.0685. The summed E-state index contributed by atoms with van der Waals surface area (Å²) in [5, 5.41) is 5.41. The number of sulfone groups is 1. The first-order valence-corrected chi connectivity index (χ1v) is 13.6. The van der Waals surface area contributed by atoms with Crippen LogP contribution in [0.2, 0.25) is 0 Å². The van der Waals surface area contributed by atoms with Gasteiger partial charge in [-0.2, -0.15) is 5.10 Å². The number of aryl methyl sites for hydroxylation is 1. The van der Waals surface area contributed by atoms with Crippen LogP contribution in [-0.2, 0) is 9.84 Å². The third kappa shape index (κ3) is 4.17. The Bertz CT molecular complexity index is 1350. The van der Waals surface area contributed by atoms with Crippen molar-refractivity contribution < 1.29 is 17.9 Å². The van der Waals surface area contributed by atoms with Crippen molar-refractivity contribution in [2.45, 2.75) is 39.2 Å². The minimum atomic E-state index is -3.10. The molecular formula is C25H30N4O4S. The van der Waals surface area contributed by atoms with Crippen LogP contribution >= 0.6 is 0 Å². The molecule has 0 aliphatic carbocycles. The summed E-state index contributed by atoms with van der Waals surface area (Å²) in [6.45, 7) is 5.51. The quantitative estimate of drug-likeness (QED) is 0.563. The lowest BCUT2D eigenvalue weighted by Gasteiger charge is -2.31. The van der Waals surface area contributed by atoms with Gasteiger partial charge in [0.2, 0.25) is 0 Å². The third-order valence-electron chi connectivity index (χ3n) is 6.95. The predicted molar refractivity (Wildman–Crippen MR) is 131 cm³/mol. The molecule has 0 bridgehead atoms. The summed E-state index contributed by atoms with van der Waals surface area (Å²) in [5.41, 5.74) is 3.36. The number of nitrogens with zero attached hydrogens (tertiary/aromatic N) is 4. The molecule has 2 aliphatic rings. The zero-order chi connectivity index (χ0) is 24.0. The summed E-state index contributed by atoms with van der Waals surface area (Å²) >= 11 is 0. The molecule has 4 heterocycles. The number of methoxy groups -OCH3 is 1. The summed E-state index contributed by atoms with van der Waals surface area (Å²) in [4.78, 5) is 20.6. The number of carbonyl (C=O) groups is 1. The van der Waals surface area contributed by atoms with E-state index in [1.54, 1.807) is 11.8 Å². The summed E-state index contributed by atoms with van der Waals surface area (Å²) in [7, 11) is -1.48. The number of carbonyl (C=O) groups excluding carboxylic acids is 1. The number of rotatable bonds is 4. The molecule has 0 N–H and O–H groups in total. The lowest BCUT2D eigenvalue weighted by Crippen LogP contribution is -2.39. The highest BCUT2D eigenvalue weighted by Crippen LogP contribution is 2.33. The van der Waals surface area contributed by atoms with E-state index in [0.717, 1.165) is 37.2 Å². The van der Waals surface area contributed by atoms with Gasteiger partial charge in [0.1, 0.15) is 5.75 Å². The molecule has 2 unspecified atom stereocenters. The number of amides is 1. The van der Waals surface area contributed by atoms with Crippen LogP contribution in [0.3, 0.4) is 0 Å². The lowest BCUT2D eigenvalue weighted by atomic mass is 9.98. The number of pyridine rings is 1. The van der Waals surface area contributed by atoms with Gasteiger partial charge in [-0.25, -0.2) is 18.1 Å². The first kappa shape index (κ1) is 22.8. The fourth-order valence-electron chi connectivity index (χ4n) is 5.16. The average molecular weight is 483 g/mol. The number of piperidine rings is 1. The molecule has 1 aromatic carbocycles. The van der Waals surface area contributed by atoms with Crippen LogP contribution in [0, 0.1) is 12.8 Å². The first-order chi connectivity index (χ1) is 16.3. The van der Waals surface area contributed by atoms with E-state index in [1.165, 1.54) is 0 Å². The second kappa shape index (κ2) is 8.69. The number of benzene rings is 1. The van der Waals surface area contributed by atoms with Crippen LogP contribution in [-0.4, -0.2) is 65.7 Å². The normalized spacial score (nSPS) is 22.3. The Morgan fingerprint density at radius 3 is 2.59 bits per heavy atom. The van der Waals surface area contributed by atoms with E-state index in [1.807, 2.05) is 42.2 Å². The fourth-order valence-corrected chi connectivity index (χ4v) is 6.85. The zero-order valence-electron chi connectivity index (χ0n) is 19.8. The number of hydrogen-bond acceptors (Lipinski definition) is 6. The largest absolute Gasteiger partial charge is 0.497 e. The monoisotopic (exact) mass is 482 g/mol. The Balaban J connectivity index is 1.68. The molecule has 5 rings (SSSR count). The minimum absolute atomic E-state index is 0.0181. The van der Waals surface area contributed by atoms with E-state index in [9.17, 15) is 13.2 Å². The van der Waals surface area contributed by atoms with Crippen molar-refractivity contribution in [3.63, 3.8) is 0 Å². The van der Waals surface area contributed by atoms with Crippen molar-refractivity contribution in [3.05, 3.63) is 41.6 Å². The van der Waals surface area contributed by atoms with Crippen LogP contribution in [0.4, 0.5) is 0 Å². The second-order valence-electron chi connectivity index (χ2n) is 9.57. The SMILES string of the molecule is COc1ccc(-c2cc(C(=O)N3CCCC(C)C3)c3c(C)nn(C4CCS(=O)(=O)C4)c3n2)cc1. The van der Waals surface area contributed by atoms with Gasteiger partial charge in [-0.05, 0) is 62.4 Å². The highest BCUT2D eigenvalue weighted by molar-refractivity contribution is 7.91. The van der Waals surface area contributed by atoms with Gasteiger partial charge < -0.3 is 9.64 Å². The molecule has 2 atom stereocenters. The Morgan fingerprint density at radius 2 is 1.94 bits per heavy atom. The van der Waals surface area contributed by atoms with E-state index in [0.29, 0.717) is 40.3 Å². The van der Waals surface area contributed by atoms with Gasteiger partial charge in [-0.1, -0.05) is 6.92 Å². The van der Waals surface area contributed by atoms with Gasteiger partial charge in [0.15, 0.2) is 15.5 Å². The fraction of sp³-hybridized carbons (Fsp3) is 0.480. The Labute approximate surface area is 199 Å². The molecule has 0 spiro atoms. The van der Waals surface area contributed by atoms with Crippen molar-refractivity contribution in [1.82, 2.24) is 19.7 Å². The van der Waals surface area contributed by atoms with Crippen molar-refractivity contribution in [2.75, 3.05) is 31.7 Å². The van der Waals surface area contributed by atoms with Crippen LogP contribution < -0.4 is 4.74 Å². The Hall–Kier alpha value is -2.94. The number of fused-ring (bicyclic) bond motifs is 1. The number of hydrogen-bond donors (Lipinski definition) is 0. The van der Waals surface area contributed by atoms with Gasteiger partial charge in [-0.3, -0.25) is 4.79 Å². The second-order valence-corrected chi connectivity index (χ2v) is 11.8. The minimum Gasteiger partial charge on any atom is -0.497 e. The zero-order valence-corrected chi connectivity index (χ0v) is 20.6. The molecule has 2 saturated heterocycles. The van der Waals surface area contributed by atoms with E-state index >= 15 is 0 Å². The third-order valence-corrected chi connectivity index (χ3v) is 8.70. The molecule has 9 heteroatoms. The summed E-state index contributed by atoms with van der Waals surface area (Å²) in [5.74, 6) is 1.37. The molecular weight excluding hydrogens is 452 g/mol. The average Bonchev–Trinajstić information content (AvgIpc) is 3.36. The van der Waals surface area contributed by atoms with E-state index in [4.69, 9.17) is 14.8 Å². The van der Waals surface area contributed by atoms with E-state index in [-0.39, 0.29) is 23.5 Å². The van der Waals surface area contributed by atoms with Crippen LogP contribution in [0.5, 0.6) is 5.75 Å². The van der Waals surface area contributed by atoms with E-state index in [2.05, 4.69) is 6.92 Å². The topological polar surface area (TPSA) is 94.4 Å². The van der Waals surface area contributed by atoms with Crippen molar-refractivity contribution in [1.29, 1.82) is 0 Å².